The summed E-state index contributed by atoms with van der Waals surface area (Å²) in [4.78, 5) is 25.1. The lowest BCUT2D eigenvalue weighted by molar-refractivity contribution is -0.135. The summed E-state index contributed by atoms with van der Waals surface area (Å²) in [5.41, 5.74) is 4.71. The predicted octanol–water partition coefficient (Wildman–Crippen LogP) is 3.39. The van der Waals surface area contributed by atoms with Crippen LogP contribution in [0.25, 0.3) is 0 Å². The van der Waals surface area contributed by atoms with Crippen LogP contribution >= 0.6 is 0 Å². The second-order valence-corrected chi connectivity index (χ2v) is 6.93. The third-order valence-electron chi connectivity index (χ3n) is 5.10. The smallest absolute Gasteiger partial charge is 0.279 e. The van der Waals surface area contributed by atoms with E-state index in [0.717, 1.165) is 12.8 Å². The lowest BCUT2D eigenvalue weighted by atomic mass is 9.78. The summed E-state index contributed by atoms with van der Waals surface area (Å²) in [7, 11) is 0. The molecule has 2 aromatic rings. The average molecular weight is 388 g/mol. The third kappa shape index (κ3) is 4.13. The van der Waals surface area contributed by atoms with Crippen LogP contribution in [0.3, 0.4) is 0 Å². The van der Waals surface area contributed by atoms with Crippen LogP contribution in [0, 0.1) is 11.6 Å². The van der Waals surface area contributed by atoms with Gasteiger partial charge in [-0.3, -0.25) is 20.4 Å². The summed E-state index contributed by atoms with van der Waals surface area (Å²) < 4.78 is 32.2. The van der Waals surface area contributed by atoms with E-state index >= 15 is 0 Å². The highest BCUT2D eigenvalue weighted by Gasteiger charge is 2.43. The van der Waals surface area contributed by atoms with Crippen molar-refractivity contribution in [3.63, 3.8) is 0 Å². The zero-order valence-electron chi connectivity index (χ0n) is 15.5. The maximum atomic E-state index is 13.6. The SMILES string of the molecule is CC(Oc1ccccc1F)C(=O)NNC(=O)C1(c2ccc(F)cc2)CCCC1. The van der Waals surface area contributed by atoms with Crippen molar-refractivity contribution in [1.82, 2.24) is 10.9 Å². The number of carbonyl (C=O) groups excluding carboxylic acids is 2. The molecule has 0 bridgehead atoms. The van der Waals surface area contributed by atoms with Gasteiger partial charge in [-0.05, 0) is 49.6 Å². The van der Waals surface area contributed by atoms with E-state index in [2.05, 4.69) is 10.9 Å². The summed E-state index contributed by atoms with van der Waals surface area (Å²) in [6, 6.07) is 11.6. The Kier molecular flexibility index (Phi) is 5.92. The molecule has 148 valence electrons. The van der Waals surface area contributed by atoms with E-state index in [1.165, 1.54) is 37.3 Å². The molecule has 1 atom stereocenters. The number of hydrazine groups is 1. The first-order valence-electron chi connectivity index (χ1n) is 9.20. The number of rotatable bonds is 5. The van der Waals surface area contributed by atoms with Crippen LogP contribution in [-0.2, 0) is 15.0 Å². The van der Waals surface area contributed by atoms with Gasteiger partial charge in [0, 0.05) is 0 Å². The van der Waals surface area contributed by atoms with E-state index in [4.69, 9.17) is 4.74 Å². The van der Waals surface area contributed by atoms with E-state index in [1.54, 1.807) is 18.2 Å². The van der Waals surface area contributed by atoms with Crippen LogP contribution < -0.4 is 15.6 Å². The zero-order valence-corrected chi connectivity index (χ0v) is 15.5. The number of carbonyl (C=O) groups is 2. The van der Waals surface area contributed by atoms with E-state index < -0.39 is 23.2 Å². The number of hydrogen-bond donors (Lipinski definition) is 2. The standard InChI is InChI=1S/C21H22F2N2O3/c1-14(28-18-7-3-2-6-17(18)23)19(26)24-25-20(27)21(12-4-5-13-21)15-8-10-16(22)11-9-15/h2-3,6-11,14H,4-5,12-13H2,1H3,(H,24,26)(H,25,27). The molecular weight excluding hydrogens is 366 g/mol. The molecule has 2 aromatic carbocycles. The van der Waals surface area contributed by atoms with Gasteiger partial charge in [-0.1, -0.05) is 37.1 Å². The Bertz CT molecular complexity index is 849. The van der Waals surface area contributed by atoms with Gasteiger partial charge in [0.25, 0.3) is 5.91 Å². The Morgan fingerprint density at radius 1 is 1.00 bits per heavy atom. The quantitative estimate of drug-likeness (QED) is 0.772. The number of hydrogen-bond acceptors (Lipinski definition) is 3. The van der Waals surface area contributed by atoms with Gasteiger partial charge >= 0.3 is 0 Å². The number of benzene rings is 2. The lowest BCUT2D eigenvalue weighted by Crippen LogP contribution is -2.53. The van der Waals surface area contributed by atoms with Gasteiger partial charge < -0.3 is 4.74 Å². The van der Waals surface area contributed by atoms with Crippen molar-refractivity contribution in [1.29, 1.82) is 0 Å². The number of halogens is 2. The molecule has 0 radical (unpaired) electrons. The number of para-hydroxylation sites is 1. The highest BCUT2D eigenvalue weighted by atomic mass is 19.1. The second-order valence-electron chi connectivity index (χ2n) is 6.93. The molecule has 28 heavy (non-hydrogen) atoms. The van der Waals surface area contributed by atoms with Crippen molar-refractivity contribution in [2.45, 2.75) is 44.1 Å². The van der Waals surface area contributed by atoms with Crippen LogP contribution in [0.2, 0.25) is 0 Å². The number of nitrogens with one attached hydrogen (secondary N) is 2. The van der Waals surface area contributed by atoms with Gasteiger partial charge in [0.1, 0.15) is 5.82 Å². The maximum Gasteiger partial charge on any atom is 0.279 e. The van der Waals surface area contributed by atoms with Crippen LogP contribution in [0.5, 0.6) is 5.75 Å². The fraction of sp³-hybridized carbons (Fsp3) is 0.333. The zero-order chi connectivity index (χ0) is 20.1. The fourth-order valence-electron chi connectivity index (χ4n) is 3.52. The Hall–Kier alpha value is -2.96. The first kappa shape index (κ1) is 19.8. The van der Waals surface area contributed by atoms with E-state index in [-0.39, 0.29) is 17.5 Å². The highest BCUT2D eigenvalue weighted by molar-refractivity contribution is 5.91. The lowest BCUT2D eigenvalue weighted by Gasteiger charge is -2.28. The molecule has 2 amide bonds. The molecule has 1 aliphatic rings. The molecule has 5 nitrogen and oxygen atoms in total. The van der Waals surface area contributed by atoms with Gasteiger partial charge in [-0.15, -0.1) is 0 Å². The third-order valence-corrected chi connectivity index (χ3v) is 5.10. The molecule has 7 heteroatoms. The predicted molar refractivity (Wildman–Crippen MR) is 99.3 cm³/mol. The Balaban J connectivity index is 1.63. The van der Waals surface area contributed by atoms with Crippen LogP contribution in [0.4, 0.5) is 8.78 Å². The molecule has 1 aliphatic carbocycles. The van der Waals surface area contributed by atoms with Crippen LogP contribution in [0.15, 0.2) is 48.5 Å². The number of ether oxygens (including phenoxy) is 1. The summed E-state index contributed by atoms with van der Waals surface area (Å²) in [6.45, 7) is 1.46. The first-order chi connectivity index (χ1) is 13.4. The molecule has 1 unspecified atom stereocenters. The van der Waals surface area contributed by atoms with E-state index in [0.29, 0.717) is 18.4 Å². The molecular formula is C21H22F2N2O3. The molecule has 0 aromatic heterocycles. The minimum atomic E-state index is -1.01. The van der Waals surface area contributed by atoms with Crippen molar-refractivity contribution in [2.75, 3.05) is 0 Å². The van der Waals surface area contributed by atoms with Gasteiger partial charge in [0.15, 0.2) is 17.7 Å². The molecule has 0 heterocycles. The van der Waals surface area contributed by atoms with Gasteiger partial charge in [-0.25, -0.2) is 8.78 Å². The summed E-state index contributed by atoms with van der Waals surface area (Å²) in [6.07, 6.45) is 1.95. The van der Waals surface area contributed by atoms with Crippen molar-refractivity contribution in [3.05, 3.63) is 65.7 Å². The molecule has 1 saturated carbocycles. The van der Waals surface area contributed by atoms with Gasteiger partial charge in [0.05, 0.1) is 5.41 Å². The minimum Gasteiger partial charge on any atom is -0.478 e. The van der Waals surface area contributed by atoms with Crippen molar-refractivity contribution in [3.8, 4) is 5.75 Å². The Labute approximate surface area is 162 Å². The Morgan fingerprint density at radius 2 is 1.64 bits per heavy atom. The van der Waals surface area contributed by atoms with E-state index in [1.807, 2.05) is 0 Å². The van der Waals surface area contributed by atoms with Gasteiger partial charge in [0.2, 0.25) is 5.91 Å². The second kappa shape index (κ2) is 8.37. The summed E-state index contributed by atoms with van der Waals surface area (Å²) >= 11 is 0. The van der Waals surface area contributed by atoms with Crippen LogP contribution in [0.1, 0.15) is 38.2 Å². The highest BCUT2D eigenvalue weighted by Crippen LogP contribution is 2.41. The minimum absolute atomic E-state index is 0.0462. The van der Waals surface area contributed by atoms with Crippen LogP contribution in [-0.4, -0.2) is 17.9 Å². The Morgan fingerprint density at radius 3 is 2.29 bits per heavy atom. The topological polar surface area (TPSA) is 67.4 Å². The van der Waals surface area contributed by atoms with Crippen molar-refractivity contribution < 1.29 is 23.1 Å². The molecule has 0 aliphatic heterocycles. The fourth-order valence-corrected chi connectivity index (χ4v) is 3.52. The number of amides is 2. The van der Waals surface area contributed by atoms with Crippen molar-refractivity contribution >= 4 is 11.8 Å². The van der Waals surface area contributed by atoms with Gasteiger partial charge in [-0.2, -0.15) is 0 Å². The summed E-state index contributed by atoms with van der Waals surface area (Å²) in [5.74, 6) is -1.96. The molecule has 1 fully saturated rings. The monoisotopic (exact) mass is 388 g/mol. The molecule has 0 spiro atoms. The summed E-state index contributed by atoms with van der Waals surface area (Å²) in [5, 5.41) is 0. The molecule has 0 saturated heterocycles. The molecule has 2 N–H and O–H groups in total. The van der Waals surface area contributed by atoms with Crippen molar-refractivity contribution in [2.24, 2.45) is 0 Å². The maximum absolute atomic E-state index is 13.6. The average Bonchev–Trinajstić information content (AvgIpc) is 3.19. The normalized spacial score (nSPS) is 16.2. The first-order valence-corrected chi connectivity index (χ1v) is 9.20. The molecule has 3 rings (SSSR count). The van der Waals surface area contributed by atoms with E-state index in [9.17, 15) is 18.4 Å². The largest absolute Gasteiger partial charge is 0.478 e.